The van der Waals surface area contributed by atoms with Gasteiger partial charge in [-0.25, -0.2) is 0 Å². The number of rotatable bonds is 0. The van der Waals surface area contributed by atoms with Gasteiger partial charge in [-0.1, -0.05) is 0 Å². The van der Waals surface area contributed by atoms with Gasteiger partial charge in [0.15, 0.2) is 0 Å². The van der Waals surface area contributed by atoms with Gasteiger partial charge in [0, 0.05) is 5.54 Å². The summed E-state index contributed by atoms with van der Waals surface area (Å²) in [4.78, 5) is 0. The highest BCUT2D eigenvalue weighted by Gasteiger charge is 2.60. The van der Waals surface area contributed by atoms with Crippen LogP contribution in [-0.2, 0) is 0 Å². The summed E-state index contributed by atoms with van der Waals surface area (Å²) in [5.41, 5.74) is 7.30. The molecule has 2 N–H and O–H groups in total. The molecule has 0 saturated heterocycles. The van der Waals surface area contributed by atoms with Crippen LogP contribution in [0.3, 0.4) is 0 Å². The summed E-state index contributed by atoms with van der Waals surface area (Å²) in [5, 5.41) is 0. The molecular weight excluding hydrogens is 230 g/mol. The maximum atomic E-state index is 6.43. The zero-order valence-corrected chi connectivity index (χ0v) is 11.7. The minimum atomic E-state index is 0. The normalized spacial score (nSPS) is 59.6. The largest absolute Gasteiger partial charge is 1.00 e. The van der Waals surface area contributed by atoms with E-state index in [2.05, 4.69) is 6.92 Å². The lowest BCUT2D eigenvalue weighted by molar-refractivity contribution is -0.107. The Kier molecular flexibility index (Phi) is 2.63. The van der Waals surface area contributed by atoms with E-state index in [1.165, 1.54) is 19.3 Å². The molecule has 1 nitrogen and oxygen atoms in total. The molecule has 0 aromatic rings. The van der Waals surface area contributed by atoms with Gasteiger partial charge < -0.3 is 18.1 Å². The van der Waals surface area contributed by atoms with Gasteiger partial charge in [-0.05, 0) is 87.4 Å². The first kappa shape index (κ1) is 12.3. The average Bonchev–Trinajstić information content (AvgIpc) is 2.52. The van der Waals surface area contributed by atoms with E-state index in [0.717, 1.165) is 23.7 Å². The highest BCUT2D eigenvalue weighted by Crippen LogP contribution is 2.68. The first-order chi connectivity index (χ1) is 7.57. The first-order valence-electron chi connectivity index (χ1n) is 7.36. The van der Waals surface area contributed by atoms with Crippen LogP contribution in [0.1, 0.15) is 58.3 Å². The van der Waals surface area contributed by atoms with Crippen LogP contribution >= 0.6 is 0 Å². The standard InChI is InChI=1S/C15H25N.ClH/c1-14(16)2-3-15(9-14)12-5-10-4-11(7-12)8-13(15)6-10;/h10-13H,2-9,16H2,1H3;1H/p-1. The summed E-state index contributed by atoms with van der Waals surface area (Å²) in [7, 11) is 0. The van der Waals surface area contributed by atoms with Gasteiger partial charge >= 0.3 is 0 Å². The third kappa shape index (κ3) is 1.61. The smallest absolute Gasteiger partial charge is 0.0131 e. The molecule has 5 aliphatic rings. The van der Waals surface area contributed by atoms with Gasteiger partial charge in [0.05, 0.1) is 0 Å². The molecule has 5 fully saturated rings. The van der Waals surface area contributed by atoms with Crippen LogP contribution < -0.4 is 18.1 Å². The van der Waals surface area contributed by atoms with E-state index in [4.69, 9.17) is 5.73 Å². The van der Waals surface area contributed by atoms with E-state index in [9.17, 15) is 0 Å². The summed E-state index contributed by atoms with van der Waals surface area (Å²) < 4.78 is 0. The maximum Gasteiger partial charge on any atom is 0.0131 e. The second kappa shape index (κ2) is 3.63. The molecule has 1 spiro atoms. The summed E-state index contributed by atoms with van der Waals surface area (Å²) in [6.45, 7) is 2.30. The van der Waals surface area contributed by atoms with E-state index in [1.54, 1.807) is 32.1 Å². The molecule has 5 rings (SSSR count). The Labute approximate surface area is 111 Å². The van der Waals surface area contributed by atoms with Crippen molar-refractivity contribution in [3.8, 4) is 0 Å². The van der Waals surface area contributed by atoms with Crippen LogP contribution in [0.4, 0.5) is 0 Å². The summed E-state index contributed by atoms with van der Waals surface area (Å²) >= 11 is 0. The van der Waals surface area contributed by atoms with Crippen LogP contribution in [0.5, 0.6) is 0 Å². The van der Waals surface area contributed by atoms with Crippen LogP contribution in [0.2, 0.25) is 0 Å². The van der Waals surface area contributed by atoms with Gasteiger partial charge in [0.25, 0.3) is 0 Å². The number of hydrogen-bond acceptors (Lipinski definition) is 1. The van der Waals surface area contributed by atoms with Crippen molar-refractivity contribution >= 4 is 0 Å². The fraction of sp³-hybridized carbons (Fsp3) is 1.00. The topological polar surface area (TPSA) is 26.0 Å². The zero-order valence-electron chi connectivity index (χ0n) is 10.9. The van der Waals surface area contributed by atoms with Gasteiger partial charge in [-0.3, -0.25) is 0 Å². The first-order valence-corrected chi connectivity index (χ1v) is 7.36. The minimum Gasteiger partial charge on any atom is -1.00 e. The molecule has 0 aromatic heterocycles. The highest BCUT2D eigenvalue weighted by atomic mass is 35.5. The maximum absolute atomic E-state index is 6.43. The molecule has 0 heterocycles. The van der Waals surface area contributed by atoms with Crippen molar-refractivity contribution in [2.75, 3.05) is 0 Å². The predicted octanol–water partition coefficient (Wildman–Crippen LogP) is 0.334. The molecular formula is C15H25ClN-. The lowest BCUT2D eigenvalue weighted by atomic mass is 9.44. The summed E-state index contributed by atoms with van der Waals surface area (Å²) in [6.07, 6.45) is 11.9. The minimum absolute atomic E-state index is 0. The van der Waals surface area contributed by atoms with Gasteiger partial charge in [0.2, 0.25) is 0 Å². The Morgan fingerprint density at radius 2 is 1.41 bits per heavy atom. The van der Waals surface area contributed by atoms with E-state index in [-0.39, 0.29) is 17.9 Å². The van der Waals surface area contributed by atoms with Gasteiger partial charge in [-0.15, -0.1) is 0 Å². The van der Waals surface area contributed by atoms with Gasteiger partial charge in [0.1, 0.15) is 0 Å². The molecule has 0 amide bonds. The van der Waals surface area contributed by atoms with E-state index in [0.29, 0.717) is 5.41 Å². The quantitative estimate of drug-likeness (QED) is 0.663. The van der Waals surface area contributed by atoms with Crippen LogP contribution in [0.15, 0.2) is 0 Å². The van der Waals surface area contributed by atoms with Crippen molar-refractivity contribution in [2.24, 2.45) is 34.8 Å². The van der Waals surface area contributed by atoms with Crippen LogP contribution in [-0.4, -0.2) is 5.54 Å². The third-order valence-electron chi connectivity index (χ3n) is 6.66. The van der Waals surface area contributed by atoms with E-state index < -0.39 is 0 Å². The fourth-order valence-electron chi connectivity index (χ4n) is 6.27. The highest BCUT2D eigenvalue weighted by molar-refractivity contribution is 5.12. The molecule has 17 heavy (non-hydrogen) atoms. The van der Waals surface area contributed by atoms with Crippen molar-refractivity contribution < 1.29 is 12.4 Å². The zero-order chi connectivity index (χ0) is 11.0. The molecule has 0 radical (unpaired) electrons. The molecule has 5 saturated carbocycles. The molecule has 2 heteroatoms. The molecule has 1 atom stereocenters. The monoisotopic (exact) mass is 254 g/mol. The molecule has 0 aliphatic heterocycles. The van der Waals surface area contributed by atoms with Crippen molar-refractivity contribution in [2.45, 2.75) is 63.8 Å². The lowest BCUT2D eigenvalue weighted by Gasteiger charge is -2.61. The third-order valence-corrected chi connectivity index (χ3v) is 6.66. The van der Waals surface area contributed by atoms with Crippen molar-refractivity contribution in [3.63, 3.8) is 0 Å². The SMILES string of the molecule is CC1(N)CCC2(C1)C1CC3CC(C1)CC2C3.[Cl-]. The molecule has 4 bridgehead atoms. The van der Waals surface area contributed by atoms with Crippen molar-refractivity contribution in [1.82, 2.24) is 0 Å². The Morgan fingerprint density at radius 1 is 0.882 bits per heavy atom. The molecule has 0 aromatic carbocycles. The van der Waals surface area contributed by atoms with Crippen molar-refractivity contribution in [3.05, 3.63) is 0 Å². The number of hydrogen-bond donors (Lipinski definition) is 1. The summed E-state index contributed by atoms with van der Waals surface area (Å²) in [6, 6.07) is 0. The predicted molar refractivity (Wildman–Crippen MR) is 65.9 cm³/mol. The fourth-order valence-corrected chi connectivity index (χ4v) is 6.27. The Balaban J connectivity index is 0.000000902. The second-order valence-electron chi connectivity index (χ2n) is 7.87. The lowest BCUT2D eigenvalue weighted by Crippen LogP contribution is -3.00. The van der Waals surface area contributed by atoms with Crippen molar-refractivity contribution in [1.29, 1.82) is 0 Å². The Bertz CT molecular complexity index is 295. The van der Waals surface area contributed by atoms with Gasteiger partial charge in [-0.2, -0.15) is 0 Å². The second-order valence-corrected chi connectivity index (χ2v) is 7.87. The number of halogens is 1. The molecule has 5 aliphatic carbocycles. The number of nitrogens with two attached hydrogens (primary N) is 1. The van der Waals surface area contributed by atoms with Crippen LogP contribution in [0.25, 0.3) is 0 Å². The van der Waals surface area contributed by atoms with E-state index in [1.807, 2.05) is 0 Å². The summed E-state index contributed by atoms with van der Waals surface area (Å²) in [5.74, 6) is 4.35. The molecule has 1 unspecified atom stereocenters. The Hall–Kier alpha value is 0.250. The van der Waals surface area contributed by atoms with E-state index >= 15 is 0 Å². The average molecular weight is 255 g/mol. The van der Waals surface area contributed by atoms with Crippen LogP contribution in [0, 0.1) is 29.1 Å². The Morgan fingerprint density at radius 3 is 1.82 bits per heavy atom. The molecule has 98 valence electrons.